The van der Waals surface area contributed by atoms with Crippen LogP contribution in [0.3, 0.4) is 0 Å². The molecule has 1 aromatic heterocycles. The summed E-state index contributed by atoms with van der Waals surface area (Å²) < 4.78 is 0. The monoisotopic (exact) mass is 606 g/mol. The van der Waals surface area contributed by atoms with E-state index in [0.29, 0.717) is 11.3 Å². The largest absolute Gasteiger partial charge is 0.481 e. The molecule has 0 saturated carbocycles. The predicted molar refractivity (Wildman–Crippen MR) is 159 cm³/mol. The number of para-hydroxylation sites is 1. The maximum absolute atomic E-state index is 13.5. The van der Waals surface area contributed by atoms with Crippen molar-refractivity contribution in [2.24, 2.45) is 22.2 Å². The zero-order chi connectivity index (χ0) is 31.2. The van der Waals surface area contributed by atoms with Gasteiger partial charge in [-0.3, -0.25) is 24.2 Å². The number of benzene rings is 1. The number of carbonyl (C=O) groups is 5. The van der Waals surface area contributed by atoms with Crippen LogP contribution in [0.15, 0.2) is 35.5 Å². The molecule has 1 heterocycles. The maximum Gasteiger partial charge on any atom is 0.326 e. The molecule has 0 aliphatic rings. The van der Waals surface area contributed by atoms with Crippen molar-refractivity contribution in [2.45, 2.75) is 56.3 Å². The Morgan fingerprint density at radius 2 is 1.60 bits per heavy atom. The number of guanidine groups is 1. The topological polar surface area (TPSA) is 268 Å². The molecular formula is C26H38N8O7S. The molecule has 1 aromatic carbocycles. The number of amides is 3. The molecule has 230 valence electrons. The summed E-state index contributed by atoms with van der Waals surface area (Å²) in [5, 5.41) is 27.0. The van der Waals surface area contributed by atoms with Gasteiger partial charge in [-0.2, -0.15) is 11.8 Å². The van der Waals surface area contributed by atoms with E-state index >= 15 is 0 Å². The lowest BCUT2D eigenvalue weighted by Gasteiger charge is -2.25. The average molecular weight is 607 g/mol. The van der Waals surface area contributed by atoms with Gasteiger partial charge in [-0.1, -0.05) is 18.2 Å². The first kappa shape index (κ1) is 33.9. The molecule has 2 rings (SSSR count). The Labute approximate surface area is 246 Å². The van der Waals surface area contributed by atoms with Crippen LogP contribution in [0.4, 0.5) is 0 Å². The Balaban J connectivity index is 2.33. The zero-order valence-corrected chi connectivity index (χ0v) is 24.0. The fraction of sp³-hybridized carbons (Fsp3) is 0.462. The molecule has 0 radical (unpaired) electrons. The van der Waals surface area contributed by atoms with Crippen LogP contribution in [0.25, 0.3) is 10.9 Å². The van der Waals surface area contributed by atoms with Crippen molar-refractivity contribution in [1.29, 1.82) is 0 Å². The van der Waals surface area contributed by atoms with E-state index in [9.17, 15) is 29.1 Å². The third-order valence-corrected chi connectivity index (χ3v) is 6.91. The normalized spacial score (nSPS) is 13.8. The molecule has 12 N–H and O–H groups in total. The molecule has 4 unspecified atom stereocenters. The van der Waals surface area contributed by atoms with Gasteiger partial charge in [-0.05, 0) is 42.9 Å². The van der Waals surface area contributed by atoms with Gasteiger partial charge >= 0.3 is 11.9 Å². The van der Waals surface area contributed by atoms with Crippen molar-refractivity contribution >= 4 is 58.3 Å². The number of nitrogens with zero attached hydrogens (tertiary/aromatic N) is 1. The van der Waals surface area contributed by atoms with Crippen molar-refractivity contribution in [3.63, 3.8) is 0 Å². The van der Waals surface area contributed by atoms with Gasteiger partial charge < -0.3 is 48.3 Å². The summed E-state index contributed by atoms with van der Waals surface area (Å²) in [4.78, 5) is 69.2. The Morgan fingerprint density at radius 3 is 2.24 bits per heavy atom. The number of aliphatic imine (C=N–C) groups is 1. The highest BCUT2D eigenvalue weighted by Crippen LogP contribution is 2.19. The van der Waals surface area contributed by atoms with E-state index in [0.717, 1.165) is 10.9 Å². The number of carboxylic acids is 2. The predicted octanol–water partition coefficient (Wildman–Crippen LogP) is -1.14. The number of aromatic nitrogens is 1. The summed E-state index contributed by atoms with van der Waals surface area (Å²) in [6.07, 6.45) is 3.29. The molecule has 0 saturated heterocycles. The average Bonchev–Trinajstić information content (AvgIpc) is 3.34. The maximum atomic E-state index is 13.5. The first-order chi connectivity index (χ1) is 19.9. The summed E-state index contributed by atoms with van der Waals surface area (Å²) >= 11 is 1.42. The third kappa shape index (κ3) is 10.9. The fourth-order valence-corrected chi connectivity index (χ4v) is 4.57. The second-order valence-corrected chi connectivity index (χ2v) is 10.5. The quantitative estimate of drug-likeness (QED) is 0.0556. The van der Waals surface area contributed by atoms with E-state index in [4.69, 9.17) is 22.3 Å². The van der Waals surface area contributed by atoms with E-state index in [1.165, 1.54) is 11.8 Å². The van der Waals surface area contributed by atoms with Crippen LogP contribution < -0.4 is 33.2 Å². The molecule has 16 heteroatoms. The molecular weight excluding hydrogens is 568 g/mol. The highest BCUT2D eigenvalue weighted by molar-refractivity contribution is 7.98. The number of aliphatic carboxylic acids is 2. The van der Waals surface area contributed by atoms with E-state index in [1.807, 2.05) is 30.5 Å². The van der Waals surface area contributed by atoms with Crippen LogP contribution in [0.1, 0.15) is 31.2 Å². The van der Waals surface area contributed by atoms with Crippen molar-refractivity contribution in [3.05, 3.63) is 36.0 Å². The minimum atomic E-state index is -1.42. The molecule has 3 amide bonds. The number of hydrogen-bond donors (Lipinski definition) is 9. The van der Waals surface area contributed by atoms with E-state index in [2.05, 4.69) is 25.9 Å². The van der Waals surface area contributed by atoms with Gasteiger partial charge in [0.15, 0.2) is 5.96 Å². The minimum Gasteiger partial charge on any atom is -0.481 e. The number of nitrogens with one attached hydrogen (secondary N) is 4. The molecule has 42 heavy (non-hydrogen) atoms. The second-order valence-electron chi connectivity index (χ2n) is 9.52. The van der Waals surface area contributed by atoms with Gasteiger partial charge in [-0.25, -0.2) is 4.79 Å². The molecule has 0 aliphatic carbocycles. The standard InChI is InChI=1S/C26H38N8O7S/c1-42-10-8-19(25(40)41)33-24(39)20(11-14-13-31-17-6-3-2-5-15(14)17)34-23(38)18(7-4-9-30-26(28)29)32-22(37)16(27)12-21(35)36/h2-3,5-6,13,16,18-20,31H,4,7-12,27H2,1H3,(H,32,37)(H,33,39)(H,34,38)(H,35,36)(H,40,41)(H4,28,29,30). The summed E-state index contributed by atoms with van der Waals surface area (Å²) in [6, 6.07) is 2.28. The Bertz CT molecular complexity index is 1280. The van der Waals surface area contributed by atoms with Gasteiger partial charge in [0, 0.05) is 30.1 Å². The molecule has 4 atom stereocenters. The van der Waals surface area contributed by atoms with Crippen LogP contribution in [0, 0.1) is 0 Å². The van der Waals surface area contributed by atoms with Crippen molar-refractivity contribution in [2.75, 3.05) is 18.6 Å². The summed E-state index contributed by atoms with van der Waals surface area (Å²) in [5.41, 5.74) is 17.9. The van der Waals surface area contributed by atoms with Crippen molar-refractivity contribution in [1.82, 2.24) is 20.9 Å². The summed E-state index contributed by atoms with van der Waals surface area (Å²) in [7, 11) is 0. The molecule has 0 fully saturated rings. The van der Waals surface area contributed by atoms with Gasteiger partial charge in [-0.15, -0.1) is 0 Å². The number of fused-ring (bicyclic) bond motifs is 1. The van der Waals surface area contributed by atoms with Crippen LogP contribution in [-0.2, 0) is 30.4 Å². The SMILES string of the molecule is CSCCC(NC(=O)C(Cc1c[nH]c2ccccc12)NC(=O)C(CCCN=C(N)N)NC(=O)C(N)CC(=O)O)C(=O)O. The van der Waals surface area contributed by atoms with E-state index < -0.39 is 60.2 Å². The second kappa shape index (κ2) is 16.8. The number of H-pyrrole nitrogens is 1. The molecule has 0 aliphatic heterocycles. The van der Waals surface area contributed by atoms with Crippen LogP contribution >= 0.6 is 11.8 Å². The Morgan fingerprint density at radius 1 is 0.952 bits per heavy atom. The Hall–Kier alpha value is -4.31. The number of hydrogen-bond acceptors (Lipinski definition) is 8. The van der Waals surface area contributed by atoms with Gasteiger partial charge in [0.2, 0.25) is 17.7 Å². The Kier molecular flexibility index (Phi) is 13.6. The molecule has 0 bridgehead atoms. The van der Waals surface area contributed by atoms with Gasteiger partial charge in [0.25, 0.3) is 0 Å². The number of thioether (sulfide) groups is 1. The number of carboxylic acid groups (broad SMARTS) is 2. The van der Waals surface area contributed by atoms with Crippen LogP contribution in [-0.4, -0.2) is 93.5 Å². The number of rotatable bonds is 18. The third-order valence-electron chi connectivity index (χ3n) is 6.27. The highest BCUT2D eigenvalue weighted by Gasteiger charge is 2.31. The number of carbonyl (C=O) groups excluding carboxylic acids is 3. The number of nitrogens with two attached hydrogens (primary N) is 3. The lowest BCUT2D eigenvalue weighted by Crippen LogP contribution is -2.57. The lowest BCUT2D eigenvalue weighted by molar-refractivity contribution is -0.142. The zero-order valence-electron chi connectivity index (χ0n) is 23.2. The fourth-order valence-electron chi connectivity index (χ4n) is 4.10. The van der Waals surface area contributed by atoms with Gasteiger partial charge in [0.05, 0.1) is 12.5 Å². The highest BCUT2D eigenvalue weighted by atomic mass is 32.2. The lowest BCUT2D eigenvalue weighted by atomic mass is 10.0. The summed E-state index contributed by atoms with van der Waals surface area (Å²) in [6.45, 7) is 0.137. The first-order valence-corrected chi connectivity index (χ1v) is 14.5. The first-order valence-electron chi connectivity index (χ1n) is 13.1. The summed E-state index contributed by atoms with van der Waals surface area (Å²) in [5.74, 6) is -4.55. The smallest absolute Gasteiger partial charge is 0.326 e. The van der Waals surface area contributed by atoms with Crippen molar-refractivity contribution in [3.8, 4) is 0 Å². The van der Waals surface area contributed by atoms with Gasteiger partial charge in [0.1, 0.15) is 18.1 Å². The number of aromatic amines is 1. The molecule has 0 spiro atoms. The van der Waals surface area contributed by atoms with Crippen molar-refractivity contribution < 1.29 is 34.2 Å². The minimum absolute atomic E-state index is 0.00362. The molecule has 2 aromatic rings. The van der Waals surface area contributed by atoms with E-state index in [1.54, 1.807) is 6.20 Å². The van der Waals surface area contributed by atoms with E-state index in [-0.39, 0.29) is 38.2 Å². The van der Waals surface area contributed by atoms with Crippen LogP contribution in [0.5, 0.6) is 0 Å². The van der Waals surface area contributed by atoms with Crippen LogP contribution in [0.2, 0.25) is 0 Å². The molecule has 15 nitrogen and oxygen atoms in total.